The molecule has 0 aliphatic heterocycles. The van der Waals surface area contributed by atoms with Crippen molar-refractivity contribution < 1.29 is 19.8 Å². The van der Waals surface area contributed by atoms with Crippen LogP contribution in [0.2, 0.25) is 0 Å². The standard InChI is InChI=1S/C38H36N12O4/c1-5-49-27(11-19(3)45-49)35-41-17-25-23-13-21(33(39)53)15-29(51)31(23)47(37(25)43-35)9-7-8-10-48-32-24(14-22(34(40)54)16-30(32)52)26-18-42-36(44-38(26)48)28-12-20(4)46-50(28)6-2/h7-8,11-18,51-52H,5-6,9-10H2,1-4H3,(H2,39,53)(H2,40,54)/b8-7+. The van der Waals surface area contributed by atoms with Crippen molar-refractivity contribution >= 4 is 55.7 Å². The average Bonchev–Trinajstić information content (AvgIpc) is 3.90. The number of fused-ring (bicyclic) bond motifs is 6. The Morgan fingerprint density at radius 3 is 1.43 bits per heavy atom. The van der Waals surface area contributed by atoms with E-state index in [1.165, 1.54) is 12.1 Å². The van der Waals surface area contributed by atoms with Gasteiger partial charge < -0.3 is 30.8 Å². The van der Waals surface area contributed by atoms with Crippen LogP contribution in [0.25, 0.3) is 66.9 Å². The molecule has 16 nitrogen and oxygen atoms in total. The van der Waals surface area contributed by atoms with Gasteiger partial charge >= 0.3 is 0 Å². The van der Waals surface area contributed by atoms with Gasteiger partial charge in [-0.2, -0.15) is 10.2 Å². The van der Waals surface area contributed by atoms with Crippen LogP contribution in [0.4, 0.5) is 0 Å². The molecule has 0 saturated heterocycles. The molecule has 2 amide bonds. The number of aromatic hydroxyl groups is 2. The molecule has 0 bridgehead atoms. The quantitative estimate of drug-likeness (QED) is 0.142. The average molecular weight is 725 g/mol. The molecule has 6 N–H and O–H groups in total. The number of amides is 2. The highest BCUT2D eigenvalue weighted by atomic mass is 16.3. The fourth-order valence-electron chi connectivity index (χ4n) is 7.15. The van der Waals surface area contributed by atoms with Gasteiger partial charge in [-0.25, -0.2) is 19.9 Å². The first kappa shape index (κ1) is 34.0. The number of rotatable bonds is 10. The molecule has 0 atom stereocenters. The second kappa shape index (κ2) is 12.8. The Morgan fingerprint density at radius 1 is 0.648 bits per heavy atom. The minimum Gasteiger partial charge on any atom is -0.506 e. The number of benzene rings is 2. The van der Waals surface area contributed by atoms with Crippen LogP contribution in [0.3, 0.4) is 0 Å². The predicted octanol–water partition coefficient (Wildman–Crippen LogP) is 4.73. The van der Waals surface area contributed by atoms with Crippen LogP contribution >= 0.6 is 0 Å². The van der Waals surface area contributed by atoms with Crippen molar-refractivity contribution in [3.8, 4) is 34.5 Å². The molecule has 8 rings (SSSR count). The van der Waals surface area contributed by atoms with Crippen LogP contribution in [0.15, 0.2) is 60.9 Å². The lowest BCUT2D eigenvalue weighted by atomic mass is 10.1. The second-order valence-corrected chi connectivity index (χ2v) is 13.0. The third-order valence-corrected chi connectivity index (χ3v) is 9.52. The zero-order valence-corrected chi connectivity index (χ0v) is 29.9. The highest BCUT2D eigenvalue weighted by molar-refractivity contribution is 6.12. The van der Waals surface area contributed by atoms with Crippen LogP contribution in [0, 0.1) is 13.8 Å². The molecule has 272 valence electrons. The summed E-state index contributed by atoms with van der Waals surface area (Å²) < 4.78 is 7.35. The number of primary amides is 2. The molecular weight excluding hydrogens is 688 g/mol. The Kier molecular flexibility index (Phi) is 8.09. The van der Waals surface area contributed by atoms with E-state index in [4.69, 9.17) is 21.4 Å². The van der Waals surface area contributed by atoms with Gasteiger partial charge in [-0.05, 0) is 64.1 Å². The van der Waals surface area contributed by atoms with Gasteiger partial charge in [-0.15, -0.1) is 0 Å². The number of nitrogens with zero attached hydrogens (tertiary/aromatic N) is 10. The van der Waals surface area contributed by atoms with Gasteiger partial charge in [-0.1, -0.05) is 12.2 Å². The molecule has 8 aromatic rings. The van der Waals surface area contributed by atoms with Crippen LogP contribution in [0.1, 0.15) is 46.0 Å². The summed E-state index contributed by atoms with van der Waals surface area (Å²) in [5.41, 5.74) is 16.7. The van der Waals surface area contributed by atoms with Gasteiger partial charge in [-0.3, -0.25) is 19.0 Å². The molecule has 0 fully saturated rings. The van der Waals surface area contributed by atoms with Gasteiger partial charge in [0.05, 0.1) is 22.4 Å². The van der Waals surface area contributed by atoms with Crippen LogP contribution < -0.4 is 11.5 Å². The van der Waals surface area contributed by atoms with Crippen LogP contribution in [0.5, 0.6) is 11.5 Å². The molecule has 0 saturated carbocycles. The maximum absolute atomic E-state index is 12.2. The molecule has 6 heterocycles. The Morgan fingerprint density at radius 2 is 1.06 bits per heavy atom. The number of carbonyl (C=O) groups is 2. The highest BCUT2D eigenvalue weighted by Crippen LogP contribution is 2.37. The second-order valence-electron chi connectivity index (χ2n) is 13.0. The highest BCUT2D eigenvalue weighted by Gasteiger charge is 2.22. The third-order valence-electron chi connectivity index (χ3n) is 9.52. The molecule has 0 unspecified atom stereocenters. The van der Waals surface area contributed by atoms with Crippen molar-refractivity contribution in [2.24, 2.45) is 11.5 Å². The number of hydrogen-bond acceptors (Lipinski definition) is 10. The minimum atomic E-state index is -0.675. The van der Waals surface area contributed by atoms with Gasteiger partial charge in [0.1, 0.15) is 34.2 Å². The number of nitrogens with two attached hydrogens (primary N) is 2. The number of phenols is 2. The number of aromatic nitrogens is 10. The van der Waals surface area contributed by atoms with Crippen molar-refractivity contribution in [2.75, 3.05) is 0 Å². The molecule has 0 aliphatic rings. The van der Waals surface area contributed by atoms with E-state index in [2.05, 4.69) is 20.2 Å². The summed E-state index contributed by atoms with van der Waals surface area (Å²) in [7, 11) is 0. The molecule has 16 heteroatoms. The third kappa shape index (κ3) is 5.46. The van der Waals surface area contributed by atoms with Gasteiger partial charge in [0.2, 0.25) is 11.8 Å². The largest absolute Gasteiger partial charge is 0.506 e. The Labute approximate surface area is 307 Å². The normalized spacial score (nSPS) is 12.0. The summed E-state index contributed by atoms with van der Waals surface area (Å²) in [6.45, 7) is 9.54. The SMILES string of the molecule is CCn1nc(C)cc1-c1ncc2c3cc(C(N)=O)cc(O)c3n(C/C=C/Cn3c4nc(-c5cc(C)nn5CC)ncc4c4cc(C(N)=O)cc(O)c43)c2n1. The lowest BCUT2D eigenvalue weighted by Gasteiger charge is -2.08. The fourth-order valence-corrected chi connectivity index (χ4v) is 7.15. The molecule has 6 aromatic heterocycles. The molecule has 54 heavy (non-hydrogen) atoms. The summed E-state index contributed by atoms with van der Waals surface area (Å²) >= 11 is 0. The van der Waals surface area contributed by atoms with E-state index in [9.17, 15) is 19.8 Å². The molecule has 2 aromatic carbocycles. The zero-order chi connectivity index (χ0) is 38.0. The first-order chi connectivity index (χ1) is 26.0. The summed E-state index contributed by atoms with van der Waals surface area (Å²) in [5.74, 6) is -0.699. The molecule has 0 spiro atoms. The monoisotopic (exact) mass is 724 g/mol. The lowest BCUT2D eigenvalue weighted by Crippen LogP contribution is -2.10. The van der Waals surface area contributed by atoms with E-state index in [1.807, 2.05) is 70.5 Å². The Hall–Kier alpha value is -7.10. The summed E-state index contributed by atoms with van der Waals surface area (Å²) in [4.78, 5) is 43.5. The molecular formula is C38H36N12O4. The maximum Gasteiger partial charge on any atom is 0.248 e. The van der Waals surface area contributed by atoms with E-state index in [0.29, 0.717) is 68.6 Å². The van der Waals surface area contributed by atoms with E-state index in [0.717, 1.165) is 22.8 Å². The molecule has 0 radical (unpaired) electrons. The summed E-state index contributed by atoms with van der Waals surface area (Å²) in [5, 5.41) is 34.0. The number of allylic oxidation sites excluding steroid dienone is 2. The lowest BCUT2D eigenvalue weighted by molar-refractivity contribution is 0.0991. The maximum atomic E-state index is 12.2. The number of aryl methyl sites for hydroxylation is 4. The van der Waals surface area contributed by atoms with Crippen molar-refractivity contribution in [3.63, 3.8) is 0 Å². The smallest absolute Gasteiger partial charge is 0.248 e. The van der Waals surface area contributed by atoms with Crippen molar-refractivity contribution in [2.45, 2.75) is 53.9 Å². The first-order valence-corrected chi connectivity index (χ1v) is 17.4. The number of phenolic OH excluding ortho intramolecular Hbond substituents is 2. The van der Waals surface area contributed by atoms with Gasteiger partial charge in [0.25, 0.3) is 0 Å². The number of carbonyl (C=O) groups excluding carboxylic acids is 2. The van der Waals surface area contributed by atoms with E-state index < -0.39 is 11.8 Å². The summed E-state index contributed by atoms with van der Waals surface area (Å²) in [6, 6.07) is 9.79. The molecule has 0 aliphatic carbocycles. The summed E-state index contributed by atoms with van der Waals surface area (Å²) in [6.07, 6.45) is 7.17. The zero-order valence-electron chi connectivity index (χ0n) is 29.9. The number of hydrogen-bond donors (Lipinski definition) is 4. The van der Waals surface area contributed by atoms with Crippen molar-refractivity contribution in [1.82, 2.24) is 48.6 Å². The van der Waals surface area contributed by atoms with Gasteiger partial charge in [0, 0.05) is 71.2 Å². The van der Waals surface area contributed by atoms with Crippen molar-refractivity contribution in [3.05, 3.63) is 83.5 Å². The fraction of sp³-hybridized carbons (Fsp3) is 0.211. The van der Waals surface area contributed by atoms with Crippen LogP contribution in [-0.2, 0) is 26.2 Å². The first-order valence-electron chi connectivity index (χ1n) is 17.4. The van der Waals surface area contributed by atoms with E-state index in [1.54, 1.807) is 24.5 Å². The van der Waals surface area contributed by atoms with Crippen molar-refractivity contribution in [1.29, 1.82) is 0 Å². The minimum absolute atomic E-state index is 0.132. The Bertz CT molecular complexity index is 2680. The topological polar surface area (TPSA) is 224 Å². The predicted molar refractivity (Wildman–Crippen MR) is 203 cm³/mol. The van der Waals surface area contributed by atoms with E-state index in [-0.39, 0.29) is 35.7 Å². The van der Waals surface area contributed by atoms with E-state index >= 15 is 0 Å². The van der Waals surface area contributed by atoms with Crippen LogP contribution in [-0.4, -0.2) is 70.7 Å². The van der Waals surface area contributed by atoms with Gasteiger partial charge in [0.15, 0.2) is 11.6 Å². The Balaban J connectivity index is 1.25.